The van der Waals surface area contributed by atoms with Crippen LogP contribution in [0.15, 0.2) is 36.5 Å². The van der Waals surface area contributed by atoms with Gasteiger partial charge in [0.2, 0.25) is 0 Å². The number of amides is 1. The van der Waals surface area contributed by atoms with Crippen LogP contribution in [0, 0.1) is 0 Å². The second-order valence-electron chi connectivity index (χ2n) is 5.51. The van der Waals surface area contributed by atoms with Crippen molar-refractivity contribution in [2.75, 3.05) is 13.7 Å². The fourth-order valence-electron chi connectivity index (χ4n) is 2.70. The van der Waals surface area contributed by atoms with Crippen molar-refractivity contribution in [2.45, 2.75) is 6.54 Å². The Hall–Kier alpha value is -2.93. The number of benzene rings is 1. The SMILES string of the molecule is COc1ccc(-c2nccc(-c3cc4n(n3)CCNC4=O)n2)c(Cl)c1. The fraction of sp³-hybridized carbons (Fsp3) is 0.176. The number of methoxy groups -OCH3 is 1. The molecular formula is C17H14ClN5O2. The number of fused-ring (bicyclic) bond motifs is 1. The van der Waals surface area contributed by atoms with E-state index in [1.54, 1.807) is 42.3 Å². The predicted octanol–water partition coefficient (Wildman–Crippen LogP) is 2.41. The van der Waals surface area contributed by atoms with Gasteiger partial charge in [0.25, 0.3) is 5.91 Å². The number of rotatable bonds is 3. The summed E-state index contributed by atoms with van der Waals surface area (Å²) in [5.74, 6) is 1.02. The molecule has 3 aromatic rings. The van der Waals surface area contributed by atoms with Gasteiger partial charge in [0.05, 0.1) is 24.4 Å². The number of hydrogen-bond donors (Lipinski definition) is 1. The molecule has 1 amide bonds. The van der Waals surface area contributed by atoms with Crippen molar-refractivity contribution in [3.8, 4) is 28.5 Å². The summed E-state index contributed by atoms with van der Waals surface area (Å²) in [7, 11) is 1.58. The molecule has 0 fully saturated rings. The highest BCUT2D eigenvalue weighted by atomic mass is 35.5. The number of nitrogens with zero attached hydrogens (tertiary/aromatic N) is 4. The molecule has 1 aliphatic rings. The van der Waals surface area contributed by atoms with Gasteiger partial charge in [-0.1, -0.05) is 11.6 Å². The zero-order chi connectivity index (χ0) is 17.4. The third kappa shape index (κ3) is 2.83. The lowest BCUT2D eigenvalue weighted by atomic mass is 10.2. The molecule has 126 valence electrons. The molecule has 3 heterocycles. The van der Waals surface area contributed by atoms with Crippen molar-refractivity contribution in [1.82, 2.24) is 25.1 Å². The Morgan fingerprint density at radius 3 is 2.88 bits per heavy atom. The Morgan fingerprint density at radius 1 is 1.24 bits per heavy atom. The van der Waals surface area contributed by atoms with Crippen molar-refractivity contribution >= 4 is 17.5 Å². The summed E-state index contributed by atoms with van der Waals surface area (Å²) >= 11 is 6.31. The van der Waals surface area contributed by atoms with Gasteiger partial charge >= 0.3 is 0 Å². The first kappa shape index (κ1) is 15.6. The van der Waals surface area contributed by atoms with Crippen LogP contribution in [0.25, 0.3) is 22.8 Å². The van der Waals surface area contributed by atoms with Gasteiger partial charge in [0.1, 0.15) is 17.1 Å². The highest BCUT2D eigenvalue weighted by molar-refractivity contribution is 6.33. The van der Waals surface area contributed by atoms with E-state index in [0.29, 0.717) is 52.3 Å². The van der Waals surface area contributed by atoms with E-state index in [4.69, 9.17) is 16.3 Å². The third-order valence-corrected chi connectivity index (χ3v) is 4.27. The number of aromatic nitrogens is 4. The smallest absolute Gasteiger partial charge is 0.269 e. The van der Waals surface area contributed by atoms with Crippen LogP contribution in [0.4, 0.5) is 0 Å². The van der Waals surface area contributed by atoms with Gasteiger partial charge in [-0.25, -0.2) is 9.97 Å². The number of halogens is 1. The Kier molecular flexibility index (Phi) is 3.85. The van der Waals surface area contributed by atoms with Crippen LogP contribution >= 0.6 is 11.6 Å². The van der Waals surface area contributed by atoms with E-state index in [1.807, 2.05) is 6.07 Å². The predicted molar refractivity (Wildman–Crippen MR) is 92.6 cm³/mol. The van der Waals surface area contributed by atoms with Crippen molar-refractivity contribution < 1.29 is 9.53 Å². The molecule has 1 N–H and O–H groups in total. The minimum Gasteiger partial charge on any atom is -0.497 e. The number of carbonyl (C=O) groups excluding carboxylic acids is 1. The molecule has 8 heteroatoms. The fourth-order valence-corrected chi connectivity index (χ4v) is 2.95. The summed E-state index contributed by atoms with van der Waals surface area (Å²) in [6.45, 7) is 1.22. The minimum atomic E-state index is -0.127. The molecule has 4 rings (SSSR count). The Labute approximate surface area is 148 Å². The second kappa shape index (κ2) is 6.18. The topological polar surface area (TPSA) is 81.9 Å². The zero-order valence-electron chi connectivity index (χ0n) is 13.4. The van der Waals surface area contributed by atoms with Crippen molar-refractivity contribution in [2.24, 2.45) is 0 Å². The first-order chi connectivity index (χ1) is 12.2. The largest absolute Gasteiger partial charge is 0.497 e. The molecule has 0 aliphatic carbocycles. The molecule has 2 aromatic heterocycles. The Bertz CT molecular complexity index is 969. The highest BCUT2D eigenvalue weighted by Gasteiger charge is 2.20. The number of nitrogens with one attached hydrogen (secondary N) is 1. The van der Waals surface area contributed by atoms with E-state index >= 15 is 0 Å². The molecule has 0 unspecified atom stereocenters. The normalized spacial score (nSPS) is 13.3. The van der Waals surface area contributed by atoms with Crippen LogP contribution in [-0.2, 0) is 6.54 Å². The monoisotopic (exact) mass is 355 g/mol. The lowest BCUT2D eigenvalue weighted by Gasteiger charge is -2.13. The highest BCUT2D eigenvalue weighted by Crippen LogP contribution is 2.30. The van der Waals surface area contributed by atoms with Gasteiger partial charge in [-0.05, 0) is 30.3 Å². The van der Waals surface area contributed by atoms with Crippen LogP contribution in [0.1, 0.15) is 10.5 Å². The average Bonchev–Trinajstić information content (AvgIpc) is 3.07. The second-order valence-corrected chi connectivity index (χ2v) is 5.91. The zero-order valence-corrected chi connectivity index (χ0v) is 14.1. The van der Waals surface area contributed by atoms with E-state index in [1.165, 1.54) is 0 Å². The van der Waals surface area contributed by atoms with Gasteiger partial charge in [-0.15, -0.1) is 0 Å². The van der Waals surface area contributed by atoms with Gasteiger partial charge in [0.15, 0.2) is 5.82 Å². The summed E-state index contributed by atoms with van der Waals surface area (Å²) in [5, 5.41) is 7.77. The van der Waals surface area contributed by atoms with E-state index in [2.05, 4.69) is 20.4 Å². The molecule has 25 heavy (non-hydrogen) atoms. The quantitative estimate of drug-likeness (QED) is 0.780. The molecule has 0 spiro atoms. The first-order valence-corrected chi connectivity index (χ1v) is 8.07. The number of carbonyl (C=O) groups is 1. The van der Waals surface area contributed by atoms with Crippen molar-refractivity contribution in [3.63, 3.8) is 0 Å². The van der Waals surface area contributed by atoms with Crippen LogP contribution < -0.4 is 10.1 Å². The molecule has 0 saturated heterocycles. The molecular weight excluding hydrogens is 342 g/mol. The van der Waals surface area contributed by atoms with Crippen LogP contribution in [0.3, 0.4) is 0 Å². The van der Waals surface area contributed by atoms with Crippen LogP contribution in [-0.4, -0.2) is 39.3 Å². The third-order valence-electron chi connectivity index (χ3n) is 3.96. The lowest BCUT2D eigenvalue weighted by Crippen LogP contribution is -2.35. The van der Waals surface area contributed by atoms with Crippen molar-refractivity contribution in [3.05, 3.63) is 47.2 Å². The molecule has 0 atom stereocenters. The Morgan fingerprint density at radius 2 is 2.12 bits per heavy atom. The van der Waals surface area contributed by atoms with Gasteiger partial charge in [-0.2, -0.15) is 5.10 Å². The summed E-state index contributed by atoms with van der Waals surface area (Å²) in [4.78, 5) is 20.7. The van der Waals surface area contributed by atoms with E-state index in [-0.39, 0.29) is 5.91 Å². The summed E-state index contributed by atoms with van der Waals surface area (Å²) < 4.78 is 6.85. The maximum atomic E-state index is 11.9. The molecule has 0 radical (unpaired) electrons. The first-order valence-electron chi connectivity index (χ1n) is 7.69. The average molecular weight is 356 g/mol. The summed E-state index contributed by atoms with van der Waals surface area (Å²) in [6.07, 6.45) is 1.65. The van der Waals surface area contributed by atoms with Crippen LogP contribution in [0.2, 0.25) is 5.02 Å². The molecule has 0 bridgehead atoms. The summed E-state index contributed by atoms with van der Waals surface area (Å²) in [6, 6.07) is 8.82. The minimum absolute atomic E-state index is 0.127. The van der Waals surface area contributed by atoms with Gasteiger partial charge in [-0.3, -0.25) is 9.48 Å². The van der Waals surface area contributed by atoms with E-state index in [0.717, 1.165) is 0 Å². The molecule has 1 aliphatic heterocycles. The van der Waals surface area contributed by atoms with Gasteiger partial charge < -0.3 is 10.1 Å². The summed E-state index contributed by atoms with van der Waals surface area (Å²) in [5.41, 5.74) is 2.49. The van der Waals surface area contributed by atoms with Crippen LogP contribution in [0.5, 0.6) is 5.75 Å². The maximum Gasteiger partial charge on any atom is 0.269 e. The van der Waals surface area contributed by atoms with Gasteiger partial charge in [0, 0.05) is 18.3 Å². The maximum absolute atomic E-state index is 11.9. The number of ether oxygens (including phenoxy) is 1. The van der Waals surface area contributed by atoms with E-state index < -0.39 is 0 Å². The number of hydrogen-bond acceptors (Lipinski definition) is 5. The lowest BCUT2D eigenvalue weighted by molar-refractivity contribution is 0.0924. The molecule has 0 saturated carbocycles. The standard InChI is InChI=1S/C17H14ClN5O2/c1-25-10-2-3-11(12(18)8-10)16-19-5-4-13(21-16)14-9-15-17(24)20-6-7-23(15)22-14/h2-5,8-9H,6-7H2,1H3,(H,20,24). The Balaban J connectivity index is 1.74. The van der Waals surface area contributed by atoms with Crippen molar-refractivity contribution in [1.29, 1.82) is 0 Å². The molecule has 1 aromatic carbocycles. The van der Waals surface area contributed by atoms with E-state index in [9.17, 15) is 4.79 Å². The molecule has 7 nitrogen and oxygen atoms in total.